The van der Waals surface area contributed by atoms with E-state index in [0.29, 0.717) is 6.42 Å². The highest BCUT2D eigenvalue weighted by Gasteiger charge is 2.43. The van der Waals surface area contributed by atoms with Crippen LogP contribution in [0.25, 0.3) is 0 Å². The molecule has 0 aliphatic carbocycles. The highest BCUT2D eigenvalue weighted by Crippen LogP contribution is 2.22. The van der Waals surface area contributed by atoms with Crippen LogP contribution in [0.3, 0.4) is 0 Å². The molecule has 0 saturated carbocycles. The standard InChI is InChI=1S/C25H37FN6O6/c1-15(2)21(31-25(37)38-14-16-7-4-3-5-8-16)23(36)32-13-17(33)11-19(32)22(35)30-18(20(34)12-26)9-6-10-29-24(27)28/h3-5,7-8,15,17-19,21,33H,6,9-14H2,1-2H3,(H,30,35)(H,31,37)(H4,27,28,29)/t17-,18+,19+,21?/m1/s1. The maximum Gasteiger partial charge on any atom is 0.408 e. The van der Waals surface area contributed by atoms with Crippen LogP contribution in [0.4, 0.5) is 9.18 Å². The zero-order valence-electron chi connectivity index (χ0n) is 21.6. The second-order valence-electron chi connectivity index (χ2n) is 9.47. The van der Waals surface area contributed by atoms with Gasteiger partial charge in [-0.05, 0) is 24.3 Å². The lowest BCUT2D eigenvalue weighted by molar-refractivity contribution is -0.141. The molecule has 13 heteroatoms. The number of halogens is 1. The van der Waals surface area contributed by atoms with Gasteiger partial charge in [0, 0.05) is 19.5 Å². The molecule has 210 valence electrons. The smallest absolute Gasteiger partial charge is 0.408 e. The molecule has 1 fully saturated rings. The molecule has 1 heterocycles. The number of hydrogen-bond donors (Lipinski definition) is 6. The molecule has 1 aromatic rings. The Morgan fingerprint density at radius 2 is 1.89 bits per heavy atom. The van der Waals surface area contributed by atoms with Crippen molar-refractivity contribution in [3.63, 3.8) is 0 Å². The fraction of sp³-hybridized carbons (Fsp3) is 0.560. The van der Waals surface area contributed by atoms with E-state index in [1.54, 1.807) is 38.1 Å². The minimum Gasteiger partial charge on any atom is -0.445 e. The molecule has 3 amide bonds. The van der Waals surface area contributed by atoms with E-state index in [0.717, 1.165) is 10.5 Å². The van der Waals surface area contributed by atoms with E-state index in [9.17, 15) is 28.7 Å². The van der Waals surface area contributed by atoms with Crippen molar-refractivity contribution in [2.24, 2.45) is 11.7 Å². The number of guanidine groups is 1. The van der Waals surface area contributed by atoms with Gasteiger partial charge in [-0.1, -0.05) is 44.2 Å². The number of nitrogens with two attached hydrogens (primary N) is 1. The quantitative estimate of drug-likeness (QED) is 0.117. The zero-order valence-corrected chi connectivity index (χ0v) is 21.6. The van der Waals surface area contributed by atoms with E-state index < -0.39 is 54.6 Å². The van der Waals surface area contributed by atoms with E-state index in [-0.39, 0.29) is 44.4 Å². The molecule has 1 aliphatic rings. The number of rotatable bonds is 13. The van der Waals surface area contributed by atoms with Crippen molar-refractivity contribution >= 4 is 29.7 Å². The number of carbonyl (C=O) groups excluding carboxylic acids is 4. The van der Waals surface area contributed by atoms with E-state index in [4.69, 9.17) is 15.9 Å². The summed E-state index contributed by atoms with van der Waals surface area (Å²) in [5, 5.41) is 25.0. The summed E-state index contributed by atoms with van der Waals surface area (Å²) in [7, 11) is 0. The van der Waals surface area contributed by atoms with Gasteiger partial charge in [0.1, 0.15) is 25.4 Å². The first kappa shape index (κ1) is 30.5. The average Bonchev–Trinajstić information content (AvgIpc) is 3.28. The molecule has 4 atom stereocenters. The number of β-amino-alcohol motifs (C(OH)–C–C–N with tert-alkyl or cyclic N) is 1. The number of nitrogens with zero attached hydrogens (tertiary/aromatic N) is 1. The number of aliphatic hydroxyl groups is 1. The number of benzene rings is 1. The molecular formula is C25H37FN6O6. The molecule has 0 spiro atoms. The number of ketones is 1. The number of aliphatic hydroxyl groups excluding tert-OH is 1. The second-order valence-corrected chi connectivity index (χ2v) is 9.47. The van der Waals surface area contributed by atoms with Crippen molar-refractivity contribution < 1.29 is 33.4 Å². The van der Waals surface area contributed by atoms with Crippen molar-refractivity contribution in [2.45, 2.75) is 63.9 Å². The monoisotopic (exact) mass is 536 g/mol. The van der Waals surface area contributed by atoms with Gasteiger partial charge < -0.3 is 36.4 Å². The average molecular weight is 537 g/mol. The van der Waals surface area contributed by atoms with E-state index in [1.807, 2.05) is 6.07 Å². The summed E-state index contributed by atoms with van der Waals surface area (Å²) in [6.07, 6.45) is -1.49. The molecule has 2 rings (SSSR count). The van der Waals surface area contributed by atoms with Gasteiger partial charge in [-0.2, -0.15) is 0 Å². The molecule has 1 aliphatic heterocycles. The Labute approximate surface area is 221 Å². The molecule has 0 bridgehead atoms. The van der Waals surface area contributed by atoms with Crippen LogP contribution < -0.4 is 21.7 Å². The van der Waals surface area contributed by atoms with Crippen molar-refractivity contribution in [3.05, 3.63) is 35.9 Å². The molecule has 12 nitrogen and oxygen atoms in total. The minimum absolute atomic E-state index is 0.00502. The summed E-state index contributed by atoms with van der Waals surface area (Å²) in [6.45, 7) is 2.25. The Morgan fingerprint density at radius 3 is 2.50 bits per heavy atom. The lowest BCUT2D eigenvalue weighted by Gasteiger charge is -2.30. The largest absolute Gasteiger partial charge is 0.445 e. The van der Waals surface area contributed by atoms with Gasteiger partial charge in [0.25, 0.3) is 0 Å². The van der Waals surface area contributed by atoms with Gasteiger partial charge >= 0.3 is 6.09 Å². The number of hydrogen-bond acceptors (Lipinski definition) is 7. The van der Waals surface area contributed by atoms with Gasteiger partial charge in [-0.25, -0.2) is 9.18 Å². The fourth-order valence-corrected chi connectivity index (χ4v) is 4.09. The third-order valence-corrected chi connectivity index (χ3v) is 6.11. The highest BCUT2D eigenvalue weighted by atomic mass is 19.1. The molecule has 1 saturated heterocycles. The highest BCUT2D eigenvalue weighted by molar-refractivity contribution is 5.95. The maximum absolute atomic E-state index is 13.4. The summed E-state index contributed by atoms with van der Waals surface area (Å²) >= 11 is 0. The molecule has 7 N–H and O–H groups in total. The van der Waals surface area contributed by atoms with E-state index in [1.165, 1.54) is 0 Å². The molecule has 1 unspecified atom stereocenters. The Morgan fingerprint density at radius 1 is 1.21 bits per heavy atom. The Bertz CT molecular complexity index is 978. The van der Waals surface area contributed by atoms with Crippen LogP contribution in [0, 0.1) is 11.3 Å². The number of alkyl carbamates (subject to hydrolysis) is 1. The van der Waals surface area contributed by atoms with Crippen molar-refractivity contribution in [1.82, 2.24) is 20.9 Å². The van der Waals surface area contributed by atoms with Crippen LogP contribution in [0.5, 0.6) is 0 Å². The second kappa shape index (κ2) is 14.9. The summed E-state index contributed by atoms with van der Waals surface area (Å²) in [4.78, 5) is 52.2. The maximum atomic E-state index is 13.4. The van der Waals surface area contributed by atoms with Crippen molar-refractivity contribution in [2.75, 3.05) is 19.8 Å². The topological polar surface area (TPSA) is 187 Å². The SMILES string of the molecule is CC(C)C(NC(=O)OCc1ccccc1)C(=O)N1C[C@H](O)C[C@H]1C(=O)N[C@@H](CCCNC(=N)N)C(=O)CF. The van der Waals surface area contributed by atoms with Gasteiger partial charge in [0.15, 0.2) is 11.7 Å². The van der Waals surface area contributed by atoms with Gasteiger partial charge in [0.05, 0.1) is 12.1 Å². The fourth-order valence-electron chi connectivity index (χ4n) is 4.09. The van der Waals surface area contributed by atoms with E-state index >= 15 is 0 Å². The molecule has 1 aromatic carbocycles. The lowest BCUT2D eigenvalue weighted by atomic mass is 10.0. The number of ether oxygens (including phenoxy) is 1. The van der Waals surface area contributed by atoms with Gasteiger partial charge in [-0.3, -0.25) is 19.8 Å². The number of Topliss-reactive ketones (excluding diaryl/α,β-unsaturated/α-hetero) is 1. The van der Waals surface area contributed by atoms with E-state index in [2.05, 4.69) is 16.0 Å². The van der Waals surface area contributed by atoms with Crippen LogP contribution in [-0.2, 0) is 25.7 Å². The summed E-state index contributed by atoms with van der Waals surface area (Å²) < 4.78 is 18.4. The normalized spacial score (nSPS) is 18.4. The number of likely N-dealkylation sites (tertiary alicyclic amines) is 1. The number of carbonyl (C=O) groups is 4. The first-order valence-electron chi connectivity index (χ1n) is 12.5. The van der Waals surface area contributed by atoms with Crippen LogP contribution in [0.1, 0.15) is 38.7 Å². The van der Waals surface area contributed by atoms with Crippen LogP contribution in [0.15, 0.2) is 30.3 Å². The molecule has 0 radical (unpaired) electrons. The third kappa shape index (κ3) is 9.29. The third-order valence-electron chi connectivity index (χ3n) is 6.11. The molecular weight excluding hydrogens is 499 g/mol. The van der Waals surface area contributed by atoms with Gasteiger partial charge in [-0.15, -0.1) is 0 Å². The number of nitrogens with one attached hydrogen (secondary N) is 4. The Kier molecular flexibility index (Phi) is 11.9. The first-order chi connectivity index (χ1) is 18.0. The molecule has 38 heavy (non-hydrogen) atoms. The molecule has 0 aromatic heterocycles. The predicted octanol–water partition coefficient (Wildman–Crippen LogP) is 0.186. The Balaban J connectivity index is 2.05. The Hall–Kier alpha value is -3.74. The van der Waals surface area contributed by atoms with Crippen LogP contribution >= 0.6 is 0 Å². The summed E-state index contributed by atoms with van der Waals surface area (Å²) in [6, 6.07) is 5.69. The minimum atomic E-state index is -1.29. The van der Waals surface area contributed by atoms with Crippen LogP contribution in [0.2, 0.25) is 0 Å². The number of amides is 3. The summed E-state index contributed by atoms with van der Waals surface area (Å²) in [5.41, 5.74) is 5.98. The zero-order chi connectivity index (χ0) is 28.2. The van der Waals surface area contributed by atoms with Crippen LogP contribution in [-0.4, -0.2) is 83.7 Å². The predicted molar refractivity (Wildman–Crippen MR) is 137 cm³/mol. The van der Waals surface area contributed by atoms with Gasteiger partial charge in [0.2, 0.25) is 11.8 Å². The lowest BCUT2D eigenvalue weighted by Crippen LogP contribution is -2.56. The first-order valence-corrected chi connectivity index (χ1v) is 12.5. The summed E-state index contributed by atoms with van der Waals surface area (Å²) in [5.74, 6) is -2.76. The number of alkyl halides is 1. The van der Waals surface area contributed by atoms with Crippen molar-refractivity contribution in [3.8, 4) is 0 Å². The van der Waals surface area contributed by atoms with Crippen molar-refractivity contribution in [1.29, 1.82) is 5.41 Å².